The van der Waals surface area contributed by atoms with Crippen LogP contribution in [0.2, 0.25) is 0 Å². The van der Waals surface area contributed by atoms with Crippen molar-refractivity contribution in [2.45, 2.75) is 25.2 Å². The van der Waals surface area contributed by atoms with E-state index in [1.54, 1.807) is 5.51 Å². The molecule has 0 saturated carbocycles. The van der Waals surface area contributed by atoms with Crippen LogP contribution in [0, 0.1) is 0 Å². The largest absolute Gasteiger partial charge is 0.379 e. The Morgan fingerprint density at radius 3 is 3.18 bits per heavy atom. The summed E-state index contributed by atoms with van der Waals surface area (Å²) < 4.78 is 11.3. The normalized spacial score (nSPS) is 21.5. The van der Waals surface area contributed by atoms with Gasteiger partial charge in [0.2, 0.25) is 0 Å². The van der Waals surface area contributed by atoms with Crippen LogP contribution in [0.5, 0.6) is 0 Å². The lowest BCUT2D eigenvalue weighted by molar-refractivity contribution is -0.0742. The van der Waals surface area contributed by atoms with Crippen molar-refractivity contribution in [2.24, 2.45) is 0 Å². The third-order valence-electron chi connectivity index (χ3n) is 3.35. The fourth-order valence-electron chi connectivity index (χ4n) is 2.20. The van der Waals surface area contributed by atoms with Crippen LogP contribution in [0.1, 0.15) is 22.6 Å². The van der Waals surface area contributed by atoms with Gasteiger partial charge in [-0.25, -0.2) is 9.97 Å². The fraction of sp³-hybridized carbons (Fsp3) is 0.429. The molecule has 1 N–H and O–H groups in total. The number of nitrogens with one attached hydrogen (secondary N) is 1. The highest BCUT2D eigenvalue weighted by Crippen LogP contribution is 2.14. The minimum absolute atomic E-state index is 0.109. The van der Waals surface area contributed by atoms with Crippen LogP contribution in [0.15, 0.2) is 29.5 Å². The lowest BCUT2D eigenvalue weighted by Gasteiger charge is -2.31. The van der Waals surface area contributed by atoms with Gasteiger partial charge in [-0.1, -0.05) is 0 Å². The highest BCUT2D eigenvalue weighted by Gasteiger charge is 2.28. The van der Waals surface area contributed by atoms with Gasteiger partial charge < -0.3 is 14.8 Å². The average Bonchev–Trinajstić information content (AvgIpc) is 3.08. The molecule has 22 heavy (non-hydrogen) atoms. The molecule has 2 aromatic rings. The molecule has 0 unspecified atom stereocenters. The van der Waals surface area contributed by atoms with E-state index in [0.29, 0.717) is 31.9 Å². The Bertz CT molecular complexity index is 593. The number of hydrogen-bond acceptors (Lipinski definition) is 7. The number of carbonyl (C=O) groups is 1. The quantitative estimate of drug-likeness (QED) is 0.886. The Morgan fingerprint density at radius 2 is 2.41 bits per heavy atom. The van der Waals surface area contributed by atoms with Gasteiger partial charge >= 0.3 is 0 Å². The third-order valence-corrected chi connectivity index (χ3v) is 3.98. The molecular formula is C14H16N4O3S. The van der Waals surface area contributed by atoms with Crippen LogP contribution in [0.4, 0.5) is 0 Å². The molecule has 0 spiro atoms. The van der Waals surface area contributed by atoms with Gasteiger partial charge in [0.1, 0.15) is 11.8 Å². The Labute approximate surface area is 131 Å². The van der Waals surface area contributed by atoms with Crippen molar-refractivity contribution in [1.82, 2.24) is 20.3 Å². The Kier molecular flexibility index (Phi) is 5.04. The van der Waals surface area contributed by atoms with E-state index in [1.165, 1.54) is 29.9 Å². The second kappa shape index (κ2) is 7.39. The summed E-state index contributed by atoms with van der Waals surface area (Å²) >= 11 is 1.53. The van der Waals surface area contributed by atoms with Crippen LogP contribution in [-0.4, -0.2) is 46.2 Å². The second-order valence-corrected chi connectivity index (χ2v) is 5.58. The predicted molar refractivity (Wildman–Crippen MR) is 79.4 cm³/mol. The number of rotatable bonds is 5. The summed E-state index contributed by atoms with van der Waals surface area (Å²) in [6, 6.07) is -0.109. The Hall–Kier alpha value is -1.90. The number of aromatic nitrogens is 3. The summed E-state index contributed by atoms with van der Waals surface area (Å²) in [5.74, 6) is -0.248. The fourth-order valence-corrected chi connectivity index (χ4v) is 2.74. The first-order chi connectivity index (χ1) is 10.8. The monoisotopic (exact) mass is 320 g/mol. The highest BCUT2D eigenvalue weighted by molar-refractivity contribution is 7.07. The Balaban J connectivity index is 1.58. The molecule has 1 aliphatic heterocycles. The maximum Gasteiger partial charge on any atom is 0.271 e. The molecule has 0 aliphatic carbocycles. The third kappa shape index (κ3) is 3.85. The molecule has 1 aliphatic rings. The van der Waals surface area contributed by atoms with Crippen molar-refractivity contribution in [1.29, 1.82) is 0 Å². The van der Waals surface area contributed by atoms with Crippen LogP contribution in [-0.2, 0) is 16.1 Å². The van der Waals surface area contributed by atoms with Crippen LogP contribution >= 0.6 is 11.3 Å². The molecular weight excluding hydrogens is 304 g/mol. The summed E-state index contributed by atoms with van der Waals surface area (Å²) in [6.07, 6.45) is 4.98. The van der Waals surface area contributed by atoms with Crippen LogP contribution < -0.4 is 5.32 Å². The number of nitrogens with zero attached hydrogens (tertiary/aromatic N) is 3. The first kappa shape index (κ1) is 15.0. The molecule has 0 radical (unpaired) electrons. The zero-order valence-corrected chi connectivity index (χ0v) is 12.7. The minimum Gasteiger partial charge on any atom is -0.379 e. The van der Waals surface area contributed by atoms with Crippen molar-refractivity contribution in [3.8, 4) is 0 Å². The first-order valence-corrected chi connectivity index (χ1v) is 7.90. The van der Waals surface area contributed by atoms with Crippen molar-refractivity contribution < 1.29 is 14.3 Å². The molecule has 3 heterocycles. The molecule has 0 aromatic carbocycles. The number of amides is 1. The van der Waals surface area contributed by atoms with Gasteiger partial charge in [-0.2, -0.15) is 0 Å². The van der Waals surface area contributed by atoms with E-state index in [-0.39, 0.29) is 18.1 Å². The minimum atomic E-state index is -0.248. The van der Waals surface area contributed by atoms with E-state index >= 15 is 0 Å². The lowest BCUT2D eigenvalue weighted by atomic mass is 10.1. The molecule has 7 nitrogen and oxygen atoms in total. The number of ether oxygens (including phenoxy) is 2. The SMILES string of the molecule is O=C(N[C@@H]1CCOC[C@H]1OCc1cscn1)c1cnccn1. The van der Waals surface area contributed by atoms with E-state index in [9.17, 15) is 4.79 Å². The number of carbonyl (C=O) groups excluding carboxylic acids is 1. The summed E-state index contributed by atoms with van der Waals surface area (Å²) in [4.78, 5) is 24.3. The Morgan fingerprint density at radius 1 is 1.45 bits per heavy atom. The summed E-state index contributed by atoms with van der Waals surface area (Å²) in [5, 5.41) is 4.89. The molecule has 3 rings (SSSR count). The van der Waals surface area contributed by atoms with Gasteiger partial charge in [-0.3, -0.25) is 9.78 Å². The lowest BCUT2D eigenvalue weighted by Crippen LogP contribution is -2.50. The predicted octanol–water partition coefficient (Wildman–Crippen LogP) is 1.04. The second-order valence-electron chi connectivity index (χ2n) is 4.86. The zero-order chi connectivity index (χ0) is 15.2. The molecule has 1 fully saturated rings. The van der Waals surface area contributed by atoms with Crippen molar-refractivity contribution in [3.63, 3.8) is 0 Å². The van der Waals surface area contributed by atoms with Gasteiger partial charge in [-0.15, -0.1) is 11.3 Å². The highest BCUT2D eigenvalue weighted by atomic mass is 32.1. The van der Waals surface area contributed by atoms with Gasteiger partial charge in [0.25, 0.3) is 5.91 Å². The molecule has 1 amide bonds. The van der Waals surface area contributed by atoms with E-state index in [1.807, 2.05) is 5.38 Å². The van der Waals surface area contributed by atoms with E-state index < -0.39 is 0 Å². The van der Waals surface area contributed by atoms with E-state index in [2.05, 4.69) is 20.3 Å². The molecule has 0 bridgehead atoms. The summed E-state index contributed by atoms with van der Waals surface area (Å²) in [5.41, 5.74) is 2.95. The molecule has 2 atom stereocenters. The van der Waals surface area contributed by atoms with Crippen molar-refractivity contribution >= 4 is 17.2 Å². The maximum atomic E-state index is 12.2. The van der Waals surface area contributed by atoms with Crippen molar-refractivity contribution in [2.75, 3.05) is 13.2 Å². The number of thiazole rings is 1. The standard InChI is InChI=1S/C14H16N4O3S/c19-14(12-5-15-2-3-16-12)18-11-1-4-20-7-13(11)21-6-10-8-22-9-17-10/h2-3,5,8-9,11,13H,1,4,6-7H2,(H,18,19)/t11-,13-/m1/s1. The first-order valence-electron chi connectivity index (χ1n) is 6.96. The van der Waals surface area contributed by atoms with Gasteiger partial charge in [0.15, 0.2) is 0 Å². The molecule has 116 valence electrons. The maximum absolute atomic E-state index is 12.2. The van der Waals surface area contributed by atoms with Crippen LogP contribution in [0.3, 0.4) is 0 Å². The smallest absolute Gasteiger partial charge is 0.271 e. The van der Waals surface area contributed by atoms with Crippen LogP contribution in [0.25, 0.3) is 0 Å². The van der Waals surface area contributed by atoms with Gasteiger partial charge in [0.05, 0.1) is 36.7 Å². The van der Waals surface area contributed by atoms with E-state index in [4.69, 9.17) is 9.47 Å². The zero-order valence-electron chi connectivity index (χ0n) is 11.8. The van der Waals surface area contributed by atoms with E-state index in [0.717, 1.165) is 5.69 Å². The molecule has 2 aromatic heterocycles. The average molecular weight is 320 g/mol. The topological polar surface area (TPSA) is 86.2 Å². The summed E-state index contributed by atoms with van der Waals surface area (Å²) in [7, 11) is 0. The van der Waals surface area contributed by atoms with Gasteiger partial charge in [-0.05, 0) is 6.42 Å². The molecule has 1 saturated heterocycles. The summed E-state index contributed by atoms with van der Waals surface area (Å²) in [6.45, 7) is 1.46. The number of hydrogen-bond donors (Lipinski definition) is 1. The van der Waals surface area contributed by atoms with Gasteiger partial charge in [0, 0.05) is 24.4 Å². The molecule has 8 heteroatoms. The van der Waals surface area contributed by atoms with Crippen molar-refractivity contribution in [3.05, 3.63) is 40.9 Å².